The Morgan fingerprint density at radius 1 is 1.23 bits per heavy atom. The molecule has 1 fully saturated rings. The highest BCUT2D eigenvalue weighted by molar-refractivity contribution is 6.16. The van der Waals surface area contributed by atoms with E-state index in [4.69, 9.17) is 9.47 Å². The van der Waals surface area contributed by atoms with Gasteiger partial charge in [0.25, 0.3) is 5.91 Å². The van der Waals surface area contributed by atoms with Gasteiger partial charge in [0.1, 0.15) is 0 Å². The van der Waals surface area contributed by atoms with Gasteiger partial charge < -0.3 is 18.9 Å². The number of carbonyl (C=O) groups is 2. The minimum Gasteiger partial charge on any atom is -0.465 e. The van der Waals surface area contributed by atoms with E-state index >= 15 is 0 Å². The quantitative estimate of drug-likeness (QED) is 0.441. The van der Waals surface area contributed by atoms with E-state index in [0.717, 1.165) is 18.9 Å². The van der Waals surface area contributed by atoms with E-state index in [1.807, 2.05) is 0 Å². The van der Waals surface area contributed by atoms with Crippen LogP contribution in [0.4, 0.5) is 13.2 Å². The highest BCUT2D eigenvalue weighted by atomic mass is 19.4. The molecule has 2 aromatic rings. The van der Waals surface area contributed by atoms with Crippen LogP contribution in [0.2, 0.25) is 0 Å². The van der Waals surface area contributed by atoms with Crippen molar-refractivity contribution in [1.29, 1.82) is 0 Å². The predicted molar refractivity (Wildman–Crippen MR) is 124 cm³/mol. The van der Waals surface area contributed by atoms with E-state index in [1.165, 1.54) is 28.7 Å². The third-order valence-electron chi connectivity index (χ3n) is 6.53. The largest absolute Gasteiger partial charge is 0.465 e. The fourth-order valence-electron chi connectivity index (χ4n) is 4.81. The number of esters is 1. The number of hydrogen-bond acceptors (Lipinski definition) is 4. The van der Waals surface area contributed by atoms with Crippen molar-refractivity contribution in [3.05, 3.63) is 69.7 Å². The Balaban J connectivity index is 1.79. The first-order valence-corrected chi connectivity index (χ1v) is 11.3. The average molecular weight is 489 g/mol. The lowest BCUT2D eigenvalue weighted by Gasteiger charge is -2.21. The van der Waals surface area contributed by atoms with Crippen LogP contribution in [0.3, 0.4) is 0 Å². The number of amides is 1. The van der Waals surface area contributed by atoms with Gasteiger partial charge in [-0.1, -0.05) is 12.1 Å². The fourth-order valence-corrected chi connectivity index (χ4v) is 4.81. The Kier molecular flexibility index (Phi) is 6.64. The molecule has 2 aliphatic rings. The molecule has 2 aliphatic heterocycles. The Morgan fingerprint density at radius 3 is 2.57 bits per heavy atom. The first kappa shape index (κ1) is 24.8. The molecule has 186 valence electrons. The Hall–Kier alpha value is -3.33. The van der Waals surface area contributed by atoms with Crippen molar-refractivity contribution in [3.8, 4) is 5.69 Å². The van der Waals surface area contributed by atoms with Crippen molar-refractivity contribution < 1.29 is 32.2 Å². The molecule has 0 saturated carbocycles. The number of rotatable bonds is 5. The van der Waals surface area contributed by atoms with E-state index in [1.54, 1.807) is 39.0 Å². The number of para-hydroxylation sites is 1. The van der Waals surface area contributed by atoms with Gasteiger partial charge in [-0.05, 0) is 63.5 Å². The molecule has 0 aliphatic carbocycles. The summed E-state index contributed by atoms with van der Waals surface area (Å²) in [5, 5.41) is 0. The summed E-state index contributed by atoms with van der Waals surface area (Å²) in [7, 11) is 1.24. The molecule has 0 unspecified atom stereocenters. The average Bonchev–Trinajstić information content (AvgIpc) is 3.48. The van der Waals surface area contributed by atoms with Crippen LogP contribution in [-0.4, -0.2) is 47.7 Å². The SMILES string of the molecule is COC(=O)C1=C(C)N(C[C@H]2CCCO2)C(=O)/C1=C/c1cc(C)n(-c2ccccc2C(F)(F)F)c1C. The summed E-state index contributed by atoms with van der Waals surface area (Å²) in [6.45, 7) is 6.02. The molecule has 3 heterocycles. The van der Waals surface area contributed by atoms with Gasteiger partial charge in [0.2, 0.25) is 0 Å². The van der Waals surface area contributed by atoms with Gasteiger partial charge in [-0.3, -0.25) is 4.79 Å². The molecule has 0 N–H and O–H groups in total. The number of hydrogen-bond donors (Lipinski definition) is 0. The number of halogens is 3. The minimum absolute atomic E-state index is 0.00248. The molecule has 1 atom stereocenters. The van der Waals surface area contributed by atoms with Crippen LogP contribution in [0.25, 0.3) is 11.8 Å². The van der Waals surface area contributed by atoms with Gasteiger partial charge in [-0.25, -0.2) is 4.79 Å². The summed E-state index contributed by atoms with van der Waals surface area (Å²) in [5.74, 6) is -1.01. The molecule has 6 nitrogen and oxygen atoms in total. The summed E-state index contributed by atoms with van der Waals surface area (Å²) in [6.07, 6.45) is -1.35. The zero-order chi connectivity index (χ0) is 25.5. The van der Waals surface area contributed by atoms with Crippen LogP contribution in [0.15, 0.2) is 47.2 Å². The second-order valence-corrected chi connectivity index (χ2v) is 8.74. The number of ether oxygens (including phenoxy) is 2. The molecular weight excluding hydrogens is 461 g/mol. The fraction of sp³-hybridized carbons (Fsp3) is 0.385. The van der Waals surface area contributed by atoms with Crippen LogP contribution in [0, 0.1) is 13.8 Å². The first-order chi connectivity index (χ1) is 16.5. The van der Waals surface area contributed by atoms with Gasteiger partial charge in [-0.2, -0.15) is 13.2 Å². The lowest BCUT2D eigenvalue weighted by Crippen LogP contribution is -2.33. The van der Waals surface area contributed by atoms with E-state index in [9.17, 15) is 22.8 Å². The zero-order valence-corrected chi connectivity index (χ0v) is 20.0. The van der Waals surface area contributed by atoms with Crippen LogP contribution in [0.5, 0.6) is 0 Å². The van der Waals surface area contributed by atoms with E-state index in [-0.39, 0.29) is 28.8 Å². The number of carbonyl (C=O) groups excluding carboxylic acids is 2. The lowest BCUT2D eigenvalue weighted by molar-refractivity contribution is -0.137. The van der Waals surface area contributed by atoms with Crippen molar-refractivity contribution in [1.82, 2.24) is 9.47 Å². The standard InChI is InChI=1S/C26H27F3N2O4/c1-15-12-18(16(2)31(15)22-10-6-5-9-21(22)26(27,28)29)13-20-23(25(33)34-4)17(3)30(24(20)32)14-19-8-7-11-35-19/h5-6,9-10,12-13,19H,7-8,11,14H2,1-4H3/b20-13+/t19-/m1/s1. The van der Waals surface area contributed by atoms with Crippen molar-refractivity contribution in [2.45, 2.75) is 45.9 Å². The smallest absolute Gasteiger partial charge is 0.418 e. The molecule has 0 radical (unpaired) electrons. The topological polar surface area (TPSA) is 60.8 Å². The maximum atomic E-state index is 13.7. The Morgan fingerprint density at radius 2 is 1.94 bits per heavy atom. The molecule has 35 heavy (non-hydrogen) atoms. The number of allylic oxidation sites excluding steroid dienone is 1. The van der Waals surface area contributed by atoms with Crippen LogP contribution >= 0.6 is 0 Å². The molecule has 4 rings (SSSR count). The normalized spacial score (nSPS) is 19.9. The highest BCUT2D eigenvalue weighted by Gasteiger charge is 2.39. The summed E-state index contributed by atoms with van der Waals surface area (Å²) >= 11 is 0. The molecule has 1 aromatic heterocycles. The highest BCUT2D eigenvalue weighted by Crippen LogP contribution is 2.37. The molecule has 1 amide bonds. The van der Waals surface area contributed by atoms with Gasteiger partial charge in [0.05, 0.1) is 42.2 Å². The molecular formula is C26H27F3N2O4. The number of nitrogens with zero attached hydrogens (tertiary/aromatic N) is 2. The summed E-state index contributed by atoms with van der Waals surface area (Å²) < 4.78 is 53.1. The molecule has 9 heteroatoms. The zero-order valence-electron chi connectivity index (χ0n) is 20.0. The second kappa shape index (κ2) is 9.37. The third-order valence-corrected chi connectivity index (χ3v) is 6.53. The second-order valence-electron chi connectivity index (χ2n) is 8.74. The van der Waals surface area contributed by atoms with E-state index < -0.39 is 17.7 Å². The minimum atomic E-state index is -4.53. The van der Waals surface area contributed by atoms with Gasteiger partial charge in [0.15, 0.2) is 0 Å². The molecule has 0 bridgehead atoms. The number of benzene rings is 1. The van der Waals surface area contributed by atoms with Crippen LogP contribution in [0.1, 0.15) is 42.3 Å². The first-order valence-electron chi connectivity index (χ1n) is 11.3. The number of methoxy groups -OCH3 is 1. The van der Waals surface area contributed by atoms with E-state index in [0.29, 0.717) is 35.8 Å². The maximum Gasteiger partial charge on any atom is 0.418 e. The number of aryl methyl sites for hydroxylation is 1. The summed E-state index contributed by atoms with van der Waals surface area (Å²) in [5.41, 5.74) is 1.62. The molecule has 1 saturated heterocycles. The number of aromatic nitrogens is 1. The van der Waals surface area contributed by atoms with Crippen molar-refractivity contribution >= 4 is 18.0 Å². The van der Waals surface area contributed by atoms with Crippen molar-refractivity contribution in [3.63, 3.8) is 0 Å². The Bertz CT molecular complexity index is 1230. The summed E-state index contributed by atoms with van der Waals surface area (Å²) in [6, 6.07) is 7.05. The predicted octanol–water partition coefficient (Wildman–Crippen LogP) is 4.96. The monoisotopic (exact) mass is 488 g/mol. The van der Waals surface area contributed by atoms with Gasteiger partial charge in [0, 0.05) is 23.7 Å². The van der Waals surface area contributed by atoms with Gasteiger partial charge >= 0.3 is 12.1 Å². The van der Waals surface area contributed by atoms with Gasteiger partial charge in [-0.15, -0.1) is 0 Å². The third kappa shape index (κ3) is 4.52. The number of alkyl halides is 3. The van der Waals surface area contributed by atoms with Crippen molar-refractivity contribution in [2.75, 3.05) is 20.3 Å². The molecule has 1 aromatic carbocycles. The summed E-state index contributed by atoms with van der Waals surface area (Å²) in [4.78, 5) is 27.5. The van der Waals surface area contributed by atoms with E-state index in [2.05, 4.69) is 0 Å². The van der Waals surface area contributed by atoms with Crippen molar-refractivity contribution in [2.24, 2.45) is 0 Å². The maximum absolute atomic E-state index is 13.7. The lowest BCUT2D eigenvalue weighted by atomic mass is 10.0. The Labute approximate surface area is 201 Å². The van der Waals surface area contributed by atoms with Crippen LogP contribution in [-0.2, 0) is 25.2 Å². The van der Waals surface area contributed by atoms with Crippen LogP contribution < -0.4 is 0 Å². The molecule has 0 spiro atoms.